The fourth-order valence-electron chi connectivity index (χ4n) is 19.1. The maximum atomic E-state index is 13.8. The van der Waals surface area contributed by atoms with Gasteiger partial charge in [-0.25, -0.2) is 0 Å². The Labute approximate surface area is 820 Å². The molecule has 44 heteroatoms. The second kappa shape index (κ2) is 64.0. The summed E-state index contributed by atoms with van der Waals surface area (Å²) in [5, 5.41) is 258. The van der Waals surface area contributed by atoms with E-state index in [-0.39, 0.29) is 12.3 Å². The standard InChI is InChI=1S/C96H171N3O41/c1-7-9-11-13-15-17-19-21-22-23-24-25-26-27-28-29-30-32-34-36-38-40-42-44-64(109)99-56(57(108)43-41-39-37-35-33-31-20-18-16-14-12-10-8-2)51-125-91-79(122)75(118)82(61(48-103)133-91)134-95-80(123)87(70(113)59(46-101)129-95)139-90-66(98-55(6)107)86(84(63(50-105)132-90)136-93-77(120)73(116)68(111)53(4)127-93)138-96-81(124)88(71(114)60(47-102)130-96)140-89-65(97-54(5)106)85(137-94-78(121)74(117)69(112)58(45-100)128-94)83(62(49-104)131-89)135-92-76(119)72(115)67(110)52(3)126-92/h21-22,41,43,52-53,56-63,65-96,100-105,108,110-124H,7-20,23-40,42,44-51H2,1-6H3,(H,97,106)(H,98,107)(H,99,109)/b22-21-,43-41+/t52?,53?,56-,57+,58?,59?,60?,61?,62?,63?,65?,66?,67+,68+,69-,70-,71-,72?,73?,74-,75+,76-,77-,78?,79?,80?,81?,82+,83+,84+,85+,86+,87-,88-,89-,90-,91+,92+,93+,94-,95-,96-/m0/s1. The lowest BCUT2D eigenvalue weighted by Gasteiger charge is -2.52. The largest absolute Gasteiger partial charge is 0.394 e. The quantitative estimate of drug-likeness (QED) is 0.0235. The summed E-state index contributed by atoms with van der Waals surface area (Å²) in [7, 11) is 0. The molecule has 8 heterocycles. The highest BCUT2D eigenvalue weighted by Gasteiger charge is 2.62. The number of nitrogens with one attached hydrogen (secondary N) is 3. The Morgan fingerprint density at radius 2 is 0.579 bits per heavy atom. The van der Waals surface area contributed by atoms with E-state index in [2.05, 4.69) is 41.9 Å². The highest BCUT2D eigenvalue weighted by atomic mass is 16.8. The van der Waals surface area contributed by atoms with E-state index in [1.54, 1.807) is 6.08 Å². The van der Waals surface area contributed by atoms with Crippen LogP contribution in [0.2, 0.25) is 0 Å². The number of ether oxygens (including phenoxy) is 16. The van der Waals surface area contributed by atoms with Crippen molar-refractivity contribution >= 4 is 17.7 Å². The first-order chi connectivity index (χ1) is 67.2. The van der Waals surface area contributed by atoms with Gasteiger partial charge in [-0.05, 0) is 58.8 Å². The fourth-order valence-corrected chi connectivity index (χ4v) is 19.1. The number of hydrogen-bond acceptors (Lipinski definition) is 41. The maximum Gasteiger partial charge on any atom is 0.220 e. The van der Waals surface area contributed by atoms with Crippen LogP contribution in [0.1, 0.15) is 260 Å². The molecule has 42 atom stereocenters. The average Bonchev–Trinajstić information content (AvgIpc) is 0.738. The van der Waals surface area contributed by atoms with Gasteiger partial charge < -0.3 is 204 Å². The number of carbonyl (C=O) groups excluding carboxylic acids is 3. The predicted octanol–water partition coefficient (Wildman–Crippen LogP) is -1.82. The van der Waals surface area contributed by atoms with Crippen LogP contribution in [0.3, 0.4) is 0 Å². The van der Waals surface area contributed by atoms with Crippen LogP contribution in [-0.2, 0) is 90.2 Å². The monoisotopic (exact) mass is 2020 g/mol. The number of carbonyl (C=O) groups is 3. The molecule has 8 saturated heterocycles. The van der Waals surface area contributed by atoms with Gasteiger partial charge in [-0.15, -0.1) is 0 Å². The second-order valence-electron chi connectivity index (χ2n) is 38.7. The number of rotatable bonds is 63. The molecule has 0 radical (unpaired) electrons. The molecule has 25 N–H and O–H groups in total. The molecule has 0 saturated carbocycles. The SMILES string of the molecule is CCCCCCCC/C=C\CCCCCCCCCCCCCCCC(=O)N[C@@H](CO[C@@H]1OC(CO)[C@@H](O[C@@H]2OC(CO)[C@H](O)[C@H](O[C@@H]3OC(CO)[C@@H](O[C@H]4OC(C)[C@@H](O)C(O)[C@@H]4O)[C@H](O[C@@H]4OC(CO)[C@H](O)[C@H](O[C@@H]5OC(CO)[C@@H](O[C@H]6OC(C)[C@@H](O)C(O)[C@@H]6O)[C@H](O[C@@H]6OC(CO)[C@H](O)[C@H](O)C6O)C5NC(C)=O)C4O)C3NC(C)=O)C2O)[C@H](O)C1O)[C@H](O)/C=C/CCCCCCCCCCCCC. The molecule has 16 unspecified atom stereocenters. The van der Waals surface area contributed by atoms with Crippen LogP contribution >= 0.6 is 0 Å². The smallest absolute Gasteiger partial charge is 0.220 e. The van der Waals surface area contributed by atoms with Gasteiger partial charge in [-0.3, -0.25) is 14.4 Å². The van der Waals surface area contributed by atoms with E-state index < -0.39 is 316 Å². The van der Waals surface area contributed by atoms with E-state index >= 15 is 0 Å². The summed E-state index contributed by atoms with van der Waals surface area (Å²) in [5.74, 6) is -2.34. The van der Waals surface area contributed by atoms with Crippen molar-refractivity contribution in [3.63, 3.8) is 0 Å². The first-order valence-electron chi connectivity index (χ1n) is 51.4. The molecule has 0 aromatic rings. The average molecular weight is 2020 g/mol. The normalized spacial score (nSPS) is 38.9. The fraction of sp³-hybridized carbons (Fsp3) is 0.927. The first-order valence-corrected chi connectivity index (χ1v) is 51.4. The third kappa shape index (κ3) is 36.1. The van der Waals surface area contributed by atoms with Gasteiger partial charge in [0, 0.05) is 20.3 Å². The molecule has 0 aromatic carbocycles. The Balaban J connectivity index is 0.975. The van der Waals surface area contributed by atoms with Gasteiger partial charge in [-0.2, -0.15) is 0 Å². The first kappa shape index (κ1) is 122. The Bertz CT molecular complexity index is 3430. The topological polar surface area (TPSA) is 680 Å². The van der Waals surface area contributed by atoms with Gasteiger partial charge in [0.25, 0.3) is 0 Å². The minimum atomic E-state index is -2.50. The van der Waals surface area contributed by atoms with Crippen molar-refractivity contribution in [2.45, 2.75) is 518 Å². The van der Waals surface area contributed by atoms with E-state index in [0.29, 0.717) is 12.8 Å². The molecule has 0 bridgehead atoms. The summed E-state index contributed by atoms with van der Waals surface area (Å²) in [6, 6.07) is -5.16. The summed E-state index contributed by atoms with van der Waals surface area (Å²) in [6.07, 6.45) is -32.0. The van der Waals surface area contributed by atoms with Crippen molar-refractivity contribution in [1.82, 2.24) is 16.0 Å². The number of aliphatic hydroxyl groups excluding tert-OH is 22. The van der Waals surface area contributed by atoms with Gasteiger partial charge in [0.15, 0.2) is 50.3 Å². The van der Waals surface area contributed by atoms with E-state index in [0.717, 1.165) is 78.1 Å². The molecule has 0 aromatic heterocycles. The van der Waals surface area contributed by atoms with Crippen LogP contribution in [0.15, 0.2) is 24.3 Å². The Morgan fingerprint density at radius 1 is 0.293 bits per heavy atom. The number of allylic oxidation sites excluding steroid dienone is 3. The molecule has 8 fully saturated rings. The van der Waals surface area contributed by atoms with Gasteiger partial charge in [0.2, 0.25) is 17.7 Å². The molecule has 816 valence electrons. The van der Waals surface area contributed by atoms with E-state index in [1.165, 1.54) is 149 Å². The lowest BCUT2D eigenvalue weighted by molar-refractivity contribution is -0.399. The Kier molecular flexibility index (Phi) is 55.6. The van der Waals surface area contributed by atoms with Crippen LogP contribution < -0.4 is 16.0 Å². The van der Waals surface area contributed by atoms with Crippen molar-refractivity contribution in [3.05, 3.63) is 24.3 Å². The molecule has 44 nitrogen and oxygen atoms in total. The summed E-state index contributed by atoms with van der Waals surface area (Å²) in [6.45, 7) is 1.75. The molecular formula is C96H171N3O41. The van der Waals surface area contributed by atoms with Gasteiger partial charge in [-0.1, -0.05) is 205 Å². The van der Waals surface area contributed by atoms with Crippen molar-refractivity contribution in [2.24, 2.45) is 0 Å². The van der Waals surface area contributed by atoms with E-state index in [4.69, 9.17) is 75.8 Å². The number of unbranched alkanes of at least 4 members (excludes halogenated alkanes) is 30. The Morgan fingerprint density at radius 3 is 0.950 bits per heavy atom. The van der Waals surface area contributed by atoms with Crippen LogP contribution in [0.4, 0.5) is 0 Å². The van der Waals surface area contributed by atoms with Gasteiger partial charge >= 0.3 is 0 Å². The third-order valence-electron chi connectivity index (χ3n) is 27.5. The van der Waals surface area contributed by atoms with Gasteiger partial charge in [0.1, 0.15) is 183 Å². The summed E-state index contributed by atoms with van der Waals surface area (Å²) in [5.41, 5.74) is 0. The minimum Gasteiger partial charge on any atom is -0.394 e. The summed E-state index contributed by atoms with van der Waals surface area (Å²) < 4.78 is 98.0. The zero-order chi connectivity index (χ0) is 102. The third-order valence-corrected chi connectivity index (χ3v) is 27.5. The molecule has 140 heavy (non-hydrogen) atoms. The highest BCUT2D eigenvalue weighted by molar-refractivity contribution is 5.76. The predicted molar refractivity (Wildman–Crippen MR) is 493 cm³/mol. The number of amides is 3. The molecular weight excluding hydrogens is 1850 g/mol. The van der Waals surface area contributed by atoms with Crippen LogP contribution in [0.5, 0.6) is 0 Å². The lowest BCUT2D eigenvalue weighted by Crippen LogP contribution is -2.72. The van der Waals surface area contributed by atoms with Crippen LogP contribution in [-0.4, -0.2) is 434 Å². The molecule has 8 aliphatic rings. The number of hydrogen-bond donors (Lipinski definition) is 25. The molecule has 0 aliphatic carbocycles. The summed E-state index contributed by atoms with van der Waals surface area (Å²) >= 11 is 0. The summed E-state index contributed by atoms with van der Waals surface area (Å²) in [4.78, 5) is 41.0. The van der Waals surface area contributed by atoms with Gasteiger partial charge in [0.05, 0.1) is 70.6 Å². The van der Waals surface area contributed by atoms with Crippen molar-refractivity contribution in [3.8, 4) is 0 Å². The van der Waals surface area contributed by atoms with Crippen molar-refractivity contribution in [1.29, 1.82) is 0 Å². The van der Waals surface area contributed by atoms with E-state index in [1.807, 2.05) is 6.08 Å². The second-order valence-corrected chi connectivity index (χ2v) is 38.7. The highest BCUT2D eigenvalue weighted by Crippen LogP contribution is 2.41. The molecule has 8 aliphatic heterocycles. The lowest BCUT2D eigenvalue weighted by atomic mass is 9.93. The number of aliphatic hydroxyl groups is 22. The zero-order valence-electron chi connectivity index (χ0n) is 82.1. The maximum absolute atomic E-state index is 13.8. The Hall–Kier alpha value is -3.63. The zero-order valence-corrected chi connectivity index (χ0v) is 82.1. The minimum absolute atomic E-state index is 0.135. The van der Waals surface area contributed by atoms with Crippen molar-refractivity contribution < 1.29 is 203 Å². The molecule has 0 spiro atoms. The molecule has 3 amide bonds. The molecule has 8 rings (SSSR count). The van der Waals surface area contributed by atoms with Crippen LogP contribution in [0.25, 0.3) is 0 Å². The van der Waals surface area contributed by atoms with E-state index in [9.17, 15) is 127 Å². The van der Waals surface area contributed by atoms with Crippen molar-refractivity contribution in [2.75, 3.05) is 46.2 Å². The van der Waals surface area contributed by atoms with Crippen LogP contribution in [0, 0.1) is 0 Å².